The summed E-state index contributed by atoms with van der Waals surface area (Å²) in [6.07, 6.45) is 1.37. The van der Waals surface area contributed by atoms with Crippen LogP contribution in [0.3, 0.4) is 0 Å². The van der Waals surface area contributed by atoms with Crippen molar-refractivity contribution in [1.82, 2.24) is 10.2 Å². The SMILES string of the molecule is Cc1ccc(C)c(OCCCC(C)(C)C(=O)NC(=S)Nc2cccc(C(=O)N(C)Cc3ccccc3)c2)c1. The number of rotatable bonds is 10. The minimum Gasteiger partial charge on any atom is -0.493 e. The number of carbonyl (C=O) groups excluding carboxylic acids is 2. The van der Waals surface area contributed by atoms with E-state index in [0.717, 1.165) is 28.9 Å². The lowest BCUT2D eigenvalue weighted by Gasteiger charge is -2.24. The van der Waals surface area contributed by atoms with E-state index in [-0.39, 0.29) is 16.9 Å². The summed E-state index contributed by atoms with van der Waals surface area (Å²) in [5.41, 5.74) is 3.84. The number of ether oxygens (including phenoxy) is 1. The van der Waals surface area contributed by atoms with Crippen LogP contribution in [-0.2, 0) is 11.3 Å². The molecule has 38 heavy (non-hydrogen) atoms. The Morgan fingerprint density at radius 2 is 1.71 bits per heavy atom. The van der Waals surface area contributed by atoms with E-state index >= 15 is 0 Å². The maximum atomic E-state index is 12.9. The van der Waals surface area contributed by atoms with E-state index < -0.39 is 5.41 Å². The van der Waals surface area contributed by atoms with E-state index in [1.807, 2.05) is 76.2 Å². The molecule has 2 N–H and O–H groups in total. The summed E-state index contributed by atoms with van der Waals surface area (Å²) in [5, 5.41) is 6.02. The van der Waals surface area contributed by atoms with Crippen LogP contribution in [0, 0.1) is 19.3 Å². The van der Waals surface area contributed by atoms with Gasteiger partial charge in [0.1, 0.15) is 5.75 Å². The predicted molar refractivity (Wildman–Crippen MR) is 157 cm³/mol. The van der Waals surface area contributed by atoms with Gasteiger partial charge in [-0.05, 0) is 79.9 Å². The van der Waals surface area contributed by atoms with E-state index in [1.54, 1.807) is 30.1 Å². The van der Waals surface area contributed by atoms with Crippen molar-refractivity contribution in [3.63, 3.8) is 0 Å². The highest BCUT2D eigenvalue weighted by atomic mass is 32.1. The topological polar surface area (TPSA) is 70.7 Å². The number of nitrogens with one attached hydrogen (secondary N) is 2. The van der Waals surface area contributed by atoms with Crippen LogP contribution in [0.2, 0.25) is 0 Å². The first-order valence-corrected chi connectivity index (χ1v) is 13.2. The molecule has 0 radical (unpaired) electrons. The Kier molecular flexibility index (Phi) is 10.0. The van der Waals surface area contributed by atoms with Gasteiger partial charge in [-0.25, -0.2) is 0 Å². The largest absolute Gasteiger partial charge is 0.493 e. The molecule has 0 atom stereocenters. The fourth-order valence-corrected chi connectivity index (χ4v) is 4.20. The standard InChI is InChI=1S/C31H37N3O3S/c1-22-15-16-23(2)27(19-22)37-18-10-17-31(3,4)29(36)33-30(38)32-26-14-9-13-25(20-26)28(35)34(5)21-24-11-7-6-8-12-24/h6-9,11-16,19-20H,10,17-18,21H2,1-5H3,(H2,32,33,36,38). The number of benzene rings is 3. The molecule has 3 aromatic carbocycles. The summed E-state index contributed by atoms with van der Waals surface area (Å²) < 4.78 is 5.93. The van der Waals surface area contributed by atoms with Crippen molar-refractivity contribution >= 4 is 34.8 Å². The molecule has 0 aliphatic carbocycles. The first kappa shape index (κ1) is 28.9. The van der Waals surface area contributed by atoms with Crippen molar-refractivity contribution in [1.29, 1.82) is 0 Å². The van der Waals surface area contributed by atoms with Crippen molar-refractivity contribution in [3.05, 3.63) is 95.1 Å². The predicted octanol–water partition coefficient (Wildman–Crippen LogP) is 6.27. The summed E-state index contributed by atoms with van der Waals surface area (Å²) in [6.45, 7) is 8.89. The molecule has 0 bridgehead atoms. The van der Waals surface area contributed by atoms with Crippen LogP contribution in [0.15, 0.2) is 72.8 Å². The number of hydrogen-bond acceptors (Lipinski definition) is 4. The fraction of sp³-hybridized carbons (Fsp3) is 0.323. The first-order chi connectivity index (χ1) is 18.0. The Hall–Kier alpha value is -3.71. The highest BCUT2D eigenvalue weighted by Crippen LogP contribution is 2.24. The van der Waals surface area contributed by atoms with Crippen LogP contribution < -0.4 is 15.4 Å². The van der Waals surface area contributed by atoms with Gasteiger partial charge in [-0.1, -0.05) is 62.4 Å². The molecule has 0 saturated heterocycles. The highest BCUT2D eigenvalue weighted by Gasteiger charge is 2.28. The summed E-state index contributed by atoms with van der Waals surface area (Å²) in [7, 11) is 1.77. The molecule has 3 aromatic rings. The van der Waals surface area contributed by atoms with Crippen molar-refractivity contribution in [3.8, 4) is 5.75 Å². The summed E-state index contributed by atoms with van der Waals surface area (Å²) in [4.78, 5) is 27.5. The number of aryl methyl sites for hydroxylation is 2. The van der Waals surface area contributed by atoms with E-state index in [9.17, 15) is 9.59 Å². The smallest absolute Gasteiger partial charge is 0.253 e. The van der Waals surface area contributed by atoms with Crippen LogP contribution >= 0.6 is 12.2 Å². The van der Waals surface area contributed by atoms with Gasteiger partial charge in [-0.15, -0.1) is 0 Å². The normalized spacial score (nSPS) is 11.0. The second kappa shape index (κ2) is 13.2. The van der Waals surface area contributed by atoms with Gasteiger partial charge in [0.25, 0.3) is 5.91 Å². The zero-order valence-electron chi connectivity index (χ0n) is 22.8. The molecule has 0 aliphatic heterocycles. The Morgan fingerprint density at radius 1 is 0.974 bits per heavy atom. The van der Waals surface area contributed by atoms with Gasteiger partial charge in [-0.2, -0.15) is 0 Å². The van der Waals surface area contributed by atoms with Crippen LogP contribution in [0.4, 0.5) is 5.69 Å². The van der Waals surface area contributed by atoms with E-state index in [0.29, 0.717) is 30.8 Å². The molecule has 2 amide bonds. The lowest BCUT2D eigenvalue weighted by atomic mass is 9.87. The highest BCUT2D eigenvalue weighted by molar-refractivity contribution is 7.80. The van der Waals surface area contributed by atoms with Gasteiger partial charge >= 0.3 is 0 Å². The van der Waals surface area contributed by atoms with Gasteiger partial charge in [-0.3, -0.25) is 9.59 Å². The van der Waals surface area contributed by atoms with Crippen LogP contribution in [0.25, 0.3) is 0 Å². The molecule has 0 spiro atoms. The van der Waals surface area contributed by atoms with Gasteiger partial charge in [0.05, 0.1) is 6.61 Å². The van der Waals surface area contributed by atoms with Crippen molar-refractivity contribution in [2.45, 2.75) is 47.1 Å². The maximum Gasteiger partial charge on any atom is 0.253 e. The minimum atomic E-state index is -0.630. The quantitative estimate of drug-likeness (QED) is 0.238. The average Bonchev–Trinajstić information content (AvgIpc) is 2.88. The molecular formula is C31H37N3O3S. The van der Waals surface area contributed by atoms with Gasteiger partial charge in [0.15, 0.2) is 5.11 Å². The maximum absolute atomic E-state index is 12.9. The molecule has 0 aromatic heterocycles. The van der Waals surface area contributed by atoms with E-state index in [1.165, 1.54) is 0 Å². The Balaban J connectivity index is 1.49. The average molecular weight is 532 g/mol. The second-order valence-electron chi connectivity index (χ2n) is 10.2. The molecule has 6 nitrogen and oxygen atoms in total. The third-order valence-electron chi connectivity index (χ3n) is 6.37. The van der Waals surface area contributed by atoms with Crippen LogP contribution in [0.5, 0.6) is 5.75 Å². The molecule has 0 unspecified atom stereocenters. The molecule has 0 saturated carbocycles. The molecule has 0 heterocycles. The van der Waals surface area contributed by atoms with E-state index in [2.05, 4.69) is 16.7 Å². The summed E-state index contributed by atoms with van der Waals surface area (Å²) in [6, 6.07) is 23.1. The molecule has 7 heteroatoms. The third-order valence-corrected chi connectivity index (χ3v) is 6.57. The van der Waals surface area contributed by atoms with Gasteiger partial charge in [0, 0.05) is 30.3 Å². The Labute approximate surface area is 231 Å². The van der Waals surface area contributed by atoms with Crippen LogP contribution in [0.1, 0.15) is 53.7 Å². The number of hydrogen-bond donors (Lipinski definition) is 2. The van der Waals surface area contributed by atoms with Crippen molar-refractivity contribution in [2.24, 2.45) is 5.41 Å². The van der Waals surface area contributed by atoms with Crippen molar-refractivity contribution < 1.29 is 14.3 Å². The number of carbonyl (C=O) groups is 2. The number of anilines is 1. The summed E-state index contributed by atoms with van der Waals surface area (Å²) >= 11 is 5.39. The monoisotopic (exact) mass is 531 g/mol. The molecule has 3 rings (SSSR count). The minimum absolute atomic E-state index is 0.100. The third kappa shape index (κ3) is 8.42. The van der Waals surface area contributed by atoms with Gasteiger partial charge < -0.3 is 20.3 Å². The molecule has 0 fully saturated rings. The molecular weight excluding hydrogens is 494 g/mol. The van der Waals surface area contributed by atoms with Crippen LogP contribution in [-0.4, -0.2) is 35.5 Å². The molecule has 0 aliphatic rings. The molecule has 200 valence electrons. The zero-order valence-corrected chi connectivity index (χ0v) is 23.7. The zero-order chi connectivity index (χ0) is 27.7. The second-order valence-corrected chi connectivity index (χ2v) is 10.6. The summed E-state index contributed by atoms with van der Waals surface area (Å²) in [5.74, 6) is 0.609. The lowest BCUT2D eigenvalue weighted by molar-refractivity contribution is -0.128. The van der Waals surface area contributed by atoms with Gasteiger partial charge in [0.2, 0.25) is 5.91 Å². The number of thiocarbonyl (C=S) groups is 1. The fourth-order valence-electron chi connectivity index (χ4n) is 3.99. The first-order valence-electron chi connectivity index (χ1n) is 12.8. The number of nitrogens with zero attached hydrogens (tertiary/aromatic N) is 1. The lowest BCUT2D eigenvalue weighted by Crippen LogP contribution is -2.42. The number of amides is 2. The van der Waals surface area contributed by atoms with Crippen molar-refractivity contribution in [2.75, 3.05) is 19.0 Å². The Bertz CT molecular complexity index is 1270. The van der Waals surface area contributed by atoms with E-state index in [4.69, 9.17) is 17.0 Å². The Morgan fingerprint density at radius 3 is 2.45 bits per heavy atom.